The summed E-state index contributed by atoms with van der Waals surface area (Å²) in [5.74, 6) is -2.09. The summed E-state index contributed by atoms with van der Waals surface area (Å²) < 4.78 is 17.9. The molecule has 6 nitrogen and oxygen atoms in total. The highest BCUT2D eigenvalue weighted by Gasteiger charge is 2.56. The molecule has 1 aliphatic carbocycles. The number of esters is 1. The van der Waals surface area contributed by atoms with Crippen molar-refractivity contribution in [1.82, 2.24) is 0 Å². The van der Waals surface area contributed by atoms with Gasteiger partial charge < -0.3 is 15.4 Å². The van der Waals surface area contributed by atoms with Crippen LogP contribution in [0, 0.1) is 11.2 Å². The van der Waals surface area contributed by atoms with Crippen LogP contribution in [0.3, 0.4) is 0 Å². The summed E-state index contributed by atoms with van der Waals surface area (Å²) in [5, 5.41) is 5.20. The summed E-state index contributed by atoms with van der Waals surface area (Å²) in [7, 11) is 1.25. The Morgan fingerprint density at radius 3 is 2.35 bits per heavy atom. The van der Waals surface area contributed by atoms with Crippen LogP contribution in [0.1, 0.15) is 23.2 Å². The van der Waals surface area contributed by atoms with E-state index in [1.54, 1.807) is 24.3 Å². The highest BCUT2D eigenvalue weighted by Crippen LogP contribution is 2.47. The molecule has 0 unspecified atom stereocenters. The van der Waals surface area contributed by atoms with Gasteiger partial charge in [0.1, 0.15) is 11.2 Å². The van der Waals surface area contributed by atoms with Gasteiger partial charge in [-0.15, -0.1) is 0 Å². The third kappa shape index (κ3) is 3.42. The van der Waals surface area contributed by atoms with E-state index in [2.05, 4.69) is 10.6 Å². The molecule has 1 aliphatic rings. The molecule has 2 aromatic rings. The van der Waals surface area contributed by atoms with Gasteiger partial charge in [-0.05, 0) is 43.2 Å². The number of amides is 2. The van der Waals surface area contributed by atoms with E-state index in [9.17, 15) is 18.8 Å². The molecule has 0 spiro atoms. The van der Waals surface area contributed by atoms with Crippen LogP contribution in [0.15, 0.2) is 48.5 Å². The van der Waals surface area contributed by atoms with E-state index in [1.165, 1.54) is 31.4 Å². The normalized spacial score (nSPS) is 14.2. The minimum absolute atomic E-state index is 0.199. The second-order valence-electron chi connectivity index (χ2n) is 6.04. The first kappa shape index (κ1) is 17.6. The van der Waals surface area contributed by atoms with Gasteiger partial charge in [-0.2, -0.15) is 0 Å². The van der Waals surface area contributed by atoms with E-state index in [-0.39, 0.29) is 16.9 Å². The van der Waals surface area contributed by atoms with Gasteiger partial charge in [0.25, 0.3) is 0 Å². The number of hydrogen-bond donors (Lipinski definition) is 2. The van der Waals surface area contributed by atoms with Crippen molar-refractivity contribution in [2.24, 2.45) is 5.41 Å². The Balaban J connectivity index is 1.75. The van der Waals surface area contributed by atoms with Crippen molar-refractivity contribution in [2.45, 2.75) is 12.8 Å². The molecule has 0 aliphatic heterocycles. The Morgan fingerprint density at radius 2 is 1.69 bits per heavy atom. The third-order valence-corrected chi connectivity index (χ3v) is 4.28. The predicted molar refractivity (Wildman–Crippen MR) is 93.1 cm³/mol. The maximum absolute atomic E-state index is 13.3. The maximum Gasteiger partial charge on any atom is 0.339 e. The highest BCUT2D eigenvalue weighted by molar-refractivity contribution is 6.17. The van der Waals surface area contributed by atoms with E-state index in [0.29, 0.717) is 12.8 Å². The fourth-order valence-corrected chi connectivity index (χ4v) is 2.62. The molecular weight excluding hydrogens is 339 g/mol. The van der Waals surface area contributed by atoms with Gasteiger partial charge in [0.05, 0.1) is 18.4 Å². The Hall–Kier alpha value is -3.22. The van der Waals surface area contributed by atoms with Crippen molar-refractivity contribution in [3.8, 4) is 0 Å². The van der Waals surface area contributed by atoms with Crippen LogP contribution in [0.4, 0.5) is 15.8 Å². The molecule has 3 rings (SSSR count). The van der Waals surface area contributed by atoms with E-state index in [1.807, 2.05) is 0 Å². The average Bonchev–Trinajstić information content (AvgIpc) is 3.43. The molecule has 0 heterocycles. The number of para-hydroxylation sites is 1. The lowest BCUT2D eigenvalue weighted by Gasteiger charge is -2.16. The lowest BCUT2D eigenvalue weighted by molar-refractivity contribution is -0.131. The first-order valence-corrected chi connectivity index (χ1v) is 8.02. The third-order valence-electron chi connectivity index (χ3n) is 4.28. The van der Waals surface area contributed by atoms with Crippen LogP contribution in [0.2, 0.25) is 0 Å². The number of carbonyl (C=O) groups is 3. The largest absolute Gasteiger partial charge is 0.465 e. The molecule has 2 aromatic carbocycles. The van der Waals surface area contributed by atoms with Crippen LogP contribution in [-0.2, 0) is 14.3 Å². The Kier molecular flexibility index (Phi) is 4.71. The number of methoxy groups -OCH3 is 1. The van der Waals surface area contributed by atoms with E-state index >= 15 is 0 Å². The van der Waals surface area contributed by atoms with E-state index < -0.39 is 29.0 Å². The topological polar surface area (TPSA) is 84.5 Å². The summed E-state index contributed by atoms with van der Waals surface area (Å²) in [6.07, 6.45) is 0.751. The number of nitrogens with one attached hydrogen (secondary N) is 2. The first-order valence-electron chi connectivity index (χ1n) is 8.02. The van der Waals surface area contributed by atoms with E-state index in [0.717, 1.165) is 0 Å². The Bertz CT molecular complexity index is 877. The van der Waals surface area contributed by atoms with Crippen LogP contribution in [-0.4, -0.2) is 24.9 Å². The number of carbonyl (C=O) groups excluding carboxylic acids is 3. The predicted octanol–water partition coefficient (Wildman–Crippen LogP) is 2.97. The molecule has 26 heavy (non-hydrogen) atoms. The first-order chi connectivity index (χ1) is 12.5. The molecule has 134 valence electrons. The maximum atomic E-state index is 13.3. The zero-order valence-corrected chi connectivity index (χ0v) is 14.0. The van der Waals surface area contributed by atoms with Gasteiger partial charge in [-0.1, -0.05) is 18.2 Å². The minimum atomic E-state index is -1.23. The molecule has 0 saturated heterocycles. The van der Waals surface area contributed by atoms with E-state index in [4.69, 9.17) is 4.74 Å². The molecule has 0 bridgehead atoms. The van der Waals surface area contributed by atoms with Gasteiger partial charge in [0, 0.05) is 5.69 Å². The lowest BCUT2D eigenvalue weighted by atomic mass is 10.0. The van der Waals surface area contributed by atoms with Gasteiger partial charge in [0.15, 0.2) is 0 Å². The lowest BCUT2D eigenvalue weighted by Crippen LogP contribution is -2.36. The van der Waals surface area contributed by atoms with Crippen molar-refractivity contribution in [3.63, 3.8) is 0 Å². The molecular formula is C19H17FN2O4. The highest BCUT2D eigenvalue weighted by atomic mass is 19.1. The summed E-state index contributed by atoms with van der Waals surface area (Å²) in [6, 6.07) is 11.8. The average molecular weight is 356 g/mol. The number of ether oxygens (including phenoxy) is 1. The van der Waals surface area contributed by atoms with Crippen LogP contribution < -0.4 is 10.6 Å². The van der Waals surface area contributed by atoms with Crippen molar-refractivity contribution in [1.29, 1.82) is 0 Å². The van der Waals surface area contributed by atoms with Crippen LogP contribution in [0.5, 0.6) is 0 Å². The quantitative estimate of drug-likeness (QED) is 0.637. The zero-order valence-electron chi connectivity index (χ0n) is 14.0. The number of anilines is 2. The van der Waals surface area contributed by atoms with Crippen molar-refractivity contribution < 1.29 is 23.5 Å². The fourth-order valence-electron chi connectivity index (χ4n) is 2.62. The number of benzene rings is 2. The van der Waals surface area contributed by atoms with Gasteiger partial charge >= 0.3 is 5.97 Å². The van der Waals surface area contributed by atoms with Crippen molar-refractivity contribution in [2.75, 3.05) is 17.7 Å². The number of rotatable bonds is 5. The fraction of sp³-hybridized carbons (Fsp3) is 0.211. The zero-order chi connectivity index (χ0) is 18.7. The molecule has 1 fully saturated rings. The van der Waals surface area contributed by atoms with Crippen LogP contribution in [0.25, 0.3) is 0 Å². The summed E-state index contributed by atoms with van der Waals surface area (Å²) in [5.41, 5.74) is -0.474. The second-order valence-corrected chi connectivity index (χ2v) is 6.04. The Morgan fingerprint density at radius 1 is 1.00 bits per heavy atom. The van der Waals surface area contributed by atoms with Crippen molar-refractivity contribution in [3.05, 3.63) is 59.9 Å². The SMILES string of the molecule is COC(=O)c1ccccc1NC(=O)C1(C(=O)Nc2cccc(F)c2)CC1. The molecule has 1 saturated carbocycles. The molecule has 7 heteroatoms. The summed E-state index contributed by atoms with van der Waals surface area (Å²) >= 11 is 0. The molecule has 0 atom stereocenters. The monoisotopic (exact) mass is 356 g/mol. The summed E-state index contributed by atoms with van der Waals surface area (Å²) in [4.78, 5) is 37.0. The summed E-state index contributed by atoms with van der Waals surface area (Å²) in [6.45, 7) is 0. The number of hydrogen-bond acceptors (Lipinski definition) is 4. The number of halogens is 1. The molecule has 2 amide bonds. The van der Waals surface area contributed by atoms with Crippen molar-refractivity contribution >= 4 is 29.2 Å². The van der Waals surface area contributed by atoms with Gasteiger partial charge in [-0.25, -0.2) is 9.18 Å². The van der Waals surface area contributed by atoms with Gasteiger partial charge in [-0.3, -0.25) is 9.59 Å². The standard InChI is InChI=1S/C19H17FN2O4/c1-26-16(23)14-7-2-3-8-15(14)22-18(25)19(9-10-19)17(24)21-13-6-4-5-12(20)11-13/h2-8,11H,9-10H2,1H3,(H,21,24)(H,22,25). The smallest absolute Gasteiger partial charge is 0.339 e. The second kappa shape index (κ2) is 6.95. The minimum Gasteiger partial charge on any atom is -0.465 e. The van der Waals surface area contributed by atoms with Gasteiger partial charge in [0.2, 0.25) is 11.8 Å². The molecule has 0 aromatic heterocycles. The van der Waals surface area contributed by atoms with Crippen LogP contribution >= 0.6 is 0 Å². The molecule has 2 N–H and O–H groups in total. The molecule has 0 radical (unpaired) electrons. The Labute approximate surface area is 149 Å².